The number of sulfonamides is 1. The summed E-state index contributed by atoms with van der Waals surface area (Å²) in [6.07, 6.45) is 5.63. The van der Waals surface area contributed by atoms with Crippen LogP contribution in [0.25, 0.3) is 0 Å². The molecule has 9 heteroatoms. The molecule has 0 bridgehead atoms. The fraction of sp³-hybridized carbons (Fsp3) is 0.474. The first-order valence-corrected chi connectivity index (χ1v) is 11.2. The number of halogens is 1. The molecule has 152 valence electrons. The summed E-state index contributed by atoms with van der Waals surface area (Å²) in [4.78, 5) is 12.6. The molecule has 0 radical (unpaired) electrons. The third kappa shape index (κ3) is 5.12. The van der Waals surface area contributed by atoms with E-state index >= 15 is 0 Å². The Hall–Kier alpha value is -1.90. The molecule has 1 saturated heterocycles. The summed E-state index contributed by atoms with van der Waals surface area (Å²) >= 11 is 5.83. The van der Waals surface area contributed by atoms with Gasteiger partial charge in [-0.3, -0.25) is 9.48 Å². The van der Waals surface area contributed by atoms with E-state index in [1.807, 2.05) is 24.0 Å². The molecule has 28 heavy (non-hydrogen) atoms. The number of rotatable bonds is 7. The van der Waals surface area contributed by atoms with Crippen molar-refractivity contribution in [3.05, 3.63) is 47.2 Å². The number of hydrogen-bond acceptors (Lipinski definition) is 4. The second kappa shape index (κ2) is 9.07. The lowest BCUT2D eigenvalue weighted by molar-refractivity contribution is -0.126. The van der Waals surface area contributed by atoms with E-state index in [1.165, 1.54) is 16.4 Å². The van der Waals surface area contributed by atoms with E-state index in [4.69, 9.17) is 11.6 Å². The van der Waals surface area contributed by atoms with Gasteiger partial charge in [-0.2, -0.15) is 9.40 Å². The Kier molecular flexibility index (Phi) is 6.74. The Morgan fingerprint density at radius 2 is 1.93 bits per heavy atom. The molecule has 0 aliphatic carbocycles. The number of piperidine rings is 1. The first kappa shape index (κ1) is 20.8. The molecule has 1 aliphatic heterocycles. The average molecular weight is 425 g/mol. The normalized spacial score (nSPS) is 16.2. The molecule has 1 aromatic heterocycles. The molecule has 2 aromatic rings. The smallest absolute Gasteiger partial charge is 0.243 e. The molecule has 3 rings (SSSR count). The standard InChI is InChI=1S/C19H25ClN4O3S/c1-15-13-22-23(14-15)10-2-9-21-19(25)16-7-11-24(12-8-16)28(26,27)18-5-3-17(20)4-6-18/h3-6,13-14,16H,2,7-12H2,1H3,(H,21,25). The fourth-order valence-corrected chi connectivity index (χ4v) is 4.90. The van der Waals surface area contributed by atoms with Gasteiger partial charge in [-0.25, -0.2) is 8.42 Å². The second-order valence-electron chi connectivity index (χ2n) is 7.06. The van der Waals surface area contributed by atoms with Gasteiger partial charge in [0.1, 0.15) is 0 Å². The summed E-state index contributed by atoms with van der Waals surface area (Å²) in [6, 6.07) is 6.16. The third-order valence-electron chi connectivity index (χ3n) is 4.90. The molecule has 1 N–H and O–H groups in total. The number of carbonyl (C=O) groups is 1. The van der Waals surface area contributed by atoms with Gasteiger partial charge in [0.15, 0.2) is 0 Å². The molecule has 0 unspecified atom stereocenters. The Labute approximate surface area is 170 Å². The number of carbonyl (C=O) groups excluding carboxylic acids is 1. The highest BCUT2D eigenvalue weighted by molar-refractivity contribution is 7.89. The van der Waals surface area contributed by atoms with Gasteiger partial charge in [0, 0.05) is 43.3 Å². The van der Waals surface area contributed by atoms with Crippen LogP contribution in [0.3, 0.4) is 0 Å². The Bertz CT molecular complexity index is 904. The Morgan fingerprint density at radius 3 is 2.54 bits per heavy atom. The zero-order valence-corrected chi connectivity index (χ0v) is 17.4. The van der Waals surface area contributed by atoms with Crippen LogP contribution in [0, 0.1) is 12.8 Å². The average Bonchev–Trinajstić information content (AvgIpc) is 3.10. The fourth-order valence-electron chi connectivity index (χ4n) is 3.30. The third-order valence-corrected chi connectivity index (χ3v) is 7.07. The van der Waals surface area contributed by atoms with Crippen LogP contribution in [0.2, 0.25) is 5.02 Å². The number of nitrogens with one attached hydrogen (secondary N) is 1. The molecule has 2 heterocycles. The monoisotopic (exact) mass is 424 g/mol. The van der Waals surface area contributed by atoms with Crippen LogP contribution in [-0.4, -0.2) is 48.0 Å². The molecule has 1 aliphatic rings. The predicted octanol–water partition coefficient (Wildman–Crippen LogP) is 2.45. The van der Waals surface area contributed by atoms with Crippen molar-refractivity contribution in [2.24, 2.45) is 5.92 Å². The zero-order chi connectivity index (χ0) is 20.1. The lowest BCUT2D eigenvalue weighted by Crippen LogP contribution is -2.43. The van der Waals surface area contributed by atoms with Crippen molar-refractivity contribution >= 4 is 27.5 Å². The predicted molar refractivity (Wildman–Crippen MR) is 108 cm³/mol. The van der Waals surface area contributed by atoms with Crippen molar-refractivity contribution in [1.82, 2.24) is 19.4 Å². The molecule has 1 fully saturated rings. The van der Waals surface area contributed by atoms with Gasteiger partial charge in [-0.15, -0.1) is 0 Å². The first-order valence-electron chi connectivity index (χ1n) is 9.39. The van der Waals surface area contributed by atoms with E-state index in [-0.39, 0.29) is 16.7 Å². The molecular weight excluding hydrogens is 400 g/mol. The lowest BCUT2D eigenvalue weighted by atomic mass is 9.97. The minimum atomic E-state index is -3.54. The van der Waals surface area contributed by atoms with Gasteiger partial charge in [0.25, 0.3) is 0 Å². The number of aryl methyl sites for hydroxylation is 2. The summed E-state index contributed by atoms with van der Waals surface area (Å²) in [5.74, 6) is -0.149. The van der Waals surface area contributed by atoms with Crippen LogP contribution >= 0.6 is 11.6 Å². The van der Waals surface area contributed by atoms with E-state index in [1.54, 1.807) is 12.1 Å². The van der Waals surface area contributed by atoms with Gasteiger partial charge in [0.05, 0.1) is 11.1 Å². The molecule has 0 spiro atoms. The van der Waals surface area contributed by atoms with Crippen LogP contribution < -0.4 is 5.32 Å². The second-order valence-corrected chi connectivity index (χ2v) is 9.43. The van der Waals surface area contributed by atoms with E-state index in [0.29, 0.717) is 37.5 Å². The van der Waals surface area contributed by atoms with Crippen LogP contribution in [-0.2, 0) is 21.4 Å². The summed E-state index contributed by atoms with van der Waals surface area (Å²) in [5.41, 5.74) is 1.12. The largest absolute Gasteiger partial charge is 0.356 e. The SMILES string of the molecule is Cc1cnn(CCCNC(=O)C2CCN(S(=O)(=O)c3ccc(Cl)cc3)CC2)c1. The van der Waals surface area contributed by atoms with Crippen molar-refractivity contribution < 1.29 is 13.2 Å². The number of nitrogens with zero attached hydrogens (tertiary/aromatic N) is 3. The maximum absolute atomic E-state index is 12.7. The van der Waals surface area contributed by atoms with Gasteiger partial charge in [0.2, 0.25) is 15.9 Å². The molecular formula is C19H25ClN4O3S. The minimum absolute atomic E-state index is 0.000173. The summed E-state index contributed by atoms with van der Waals surface area (Å²) in [6.45, 7) is 4.02. The number of aromatic nitrogens is 2. The van der Waals surface area contributed by atoms with Crippen LogP contribution in [0.15, 0.2) is 41.6 Å². The molecule has 0 saturated carbocycles. The molecule has 1 amide bonds. The van der Waals surface area contributed by atoms with Crippen molar-refractivity contribution in [3.8, 4) is 0 Å². The van der Waals surface area contributed by atoms with Gasteiger partial charge in [-0.1, -0.05) is 11.6 Å². The van der Waals surface area contributed by atoms with E-state index in [0.717, 1.165) is 18.5 Å². The first-order chi connectivity index (χ1) is 13.4. The highest BCUT2D eigenvalue weighted by Crippen LogP contribution is 2.24. The van der Waals surface area contributed by atoms with Crippen molar-refractivity contribution in [1.29, 1.82) is 0 Å². The van der Waals surface area contributed by atoms with Crippen LogP contribution in [0.1, 0.15) is 24.8 Å². The quantitative estimate of drug-likeness (QED) is 0.692. The van der Waals surface area contributed by atoms with E-state index in [2.05, 4.69) is 10.4 Å². The number of hydrogen-bond donors (Lipinski definition) is 1. The molecule has 1 aromatic carbocycles. The maximum Gasteiger partial charge on any atom is 0.243 e. The van der Waals surface area contributed by atoms with Crippen LogP contribution in [0.4, 0.5) is 0 Å². The van der Waals surface area contributed by atoms with Crippen LogP contribution in [0.5, 0.6) is 0 Å². The van der Waals surface area contributed by atoms with Gasteiger partial charge >= 0.3 is 0 Å². The topological polar surface area (TPSA) is 84.3 Å². The van der Waals surface area contributed by atoms with Gasteiger partial charge in [-0.05, 0) is 56.0 Å². The number of benzene rings is 1. The highest BCUT2D eigenvalue weighted by atomic mass is 35.5. The van der Waals surface area contributed by atoms with E-state index < -0.39 is 10.0 Å². The van der Waals surface area contributed by atoms with Crippen molar-refractivity contribution in [2.45, 2.75) is 37.6 Å². The minimum Gasteiger partial charge on any atom is -0.356 e. The molecule has 7 nitrogen and oxygen atoms in total. The highest BCUT2D eigenvalue weighted by Gasteiger charge is 2.31. The van der Waals surface area contributed by atoms with Crippen molar-refractivity contribution in [2.75, 3.05) is 19.6 Å². The summed E-state index contributed by atoms with van der Waals surface area (Å²) in [5, 5.41) is 7.67. The molecule has 0 atom stereocenters. The summed E-state index contributed by atoms with van der Waals surface area (Å²) in [7, 11) is -3.54. The number of amides is 1. The summed E-state index contributed by atoms with van der Waals surface area (Å²) < 4.78 is 28.7. The lowest BCUT2D eigenvalue weighted by Gasteiger charge is -2.30. The zero-order valence-electron chi connectivity index (χ0n) is 15.8. The maximum atomic E-state index is 12.7. The van der Waals surface area contributed by atoms with E-state index in [9.17, 15) is 13.2 Å². The Morgan fingerprint density at radius 1 is 1.25 bits per heavy atom. The van der Waals surface area contributed by atoms with Gasteiger partial charge < -0.3 is 5.32 Å². The Balaban J connectivity index is 1.44. The van der Waals surface area contributed by atoms with Crippen molar-refractivity contribution in [3.63, 3.8) is 0 Å².